The summed E-state index contributed by atoms with van der Waals surface area (Å²) < 4.78 is 45.7. The van der Waals surface area contributed by atoms with E-state index >= 15 is 0 Å². The van der Waals surface area contributed by atoms with E-state index in [0.717, 1.165) is 29.8 Å². The molecule has 0 bridgehead atoms. The minimum atomic E-state index is -5.59. The number of anilines is 1. The minimum Gasteiger partial charge on any atom is -0.481 e. The SMILES string of the molecule is CC(=O)N[C@@H]1C=C/C(=C(\OP(=O)(O)OC[C@H]2O[C@@H](n3ccc(N)nc3=O)[C@H](O)[C@@H]2O)P(=O)(O)O)O[C@H]1[C@H](O)[C@H](O)CO. The van der Waals surface area contributed by atoms with Crippen molar-refractivity contribution in [3.8, 4) is 0 Å². The van der Waals surface area contributed by atoms with Crippen LogP contribution in [0.1, 0.15) is 13.2 Å². The van der Waals surface area contributed by atoms with Crippen molar-refractivity contribution < 1.29 is 72.7 Å². The summed E-state index contributed by atoms with van der Waals surface area (Å²) in [5, 5.41) is 52.3. The highest BCUT2D eigenvalue weighted by Gasteiger charge is 2.46. The third-order valence-electron chi connectivity index (χ3n) is 5.90. The Hall–Kier alpha value is -2.71. The van der Waals surface area contributed by atoms with Crippen molar-refractivity contribution in [2.75, 3.05) is 18.9 Å². The molecule has 1 aromatic heterocycles. The molecule has 0 aromatic carbocycles. The van der Waals surface area contributed by atoms with Gasteiger partial charge in [-0.3, -0.25) is 23.3 Å². The lowest BCUT2D eigenvalue weighted by molar-refractivity contribution is -0.123. The number of allylic oxidation sites excluding steroid dienone is 1. The van der Waals surface area contributed by atoms with E-state index in [-0.39, 0.29) is 5.82 Å². The van der Waals surface area contributed by atoms with E-state index in [1.165, 1.54) is 6.07 Å². The highest BCUT2D eigenvalue weighted by molar-refractivity contribution is 7.57. The number of aromatic nitrogens is 2. The van der Waals surface area contributed by atoms with Gasteiger partial charge < -0.3 is 60.4 Å². The quantitative estimate of drug-likeness (QED) is 0.0812. The van der Waals surface area contributed by atoms with Gasteiger partial charge in [0.2, 0.25) is 5.91 Å². The zero-order chi connectivity index (χ0) is 31.6. The molecule has 0 aliphatic carbocycles. The summed E-state index contributed by atoms with van der Waals surface area (Å²) in [6.07, 6.45) is -9.03. The van der Waals surface area contributed by atoms with E-state index in [4.69, 9.17) is 24.8 Å². The first-order valence-electron chi connectivity index (χ1n) is 11.9. The molecule has 3 rings (SSSR count). The van der Waals surface area contributed by atoms with Crippen LogP contribution in [0.5, 0.6) is 0 Å². The summed E-state index contributed by atoms with van der Waals surface area (Å²) >= 11 is 0. The lowest BCUT2D eigenvalue weighted by Crippen LogP contribution is -2.53. The molecule has 2 aliphatic heterocycles. The van der Waals surface area contributed by atoms with Gasteiger partial charge in [-0.05, 0) is 12.1 Å². The Morgan fingerprint density at radius 2 is 1.90 bits per heavy atom. The van der Waals surface area contributed by atoms with Crippen molar-refractivity contribution >= 4 is 27.1 Å². The van der Waals surface area contributed by atoms with Crippen LogP contribution in [0.4, 0.5) is 5.82 Å². The van der Waals surface area contributed by atoms with E-state index in [0.29, 0.717) is 0 Å². The molecule has 42 heavy (non-hydrogen) atoms. The number of ether oxygens (including phenoxy) is 2. The van der Waals surface area contributed by atoms with Gasteiger partial charge in [0.25, 0.3) is 5.50 Å². The van der Waals surface area contributed by atoms with Crippen molar-refractivity contribution in [3.63, 3.8) is 0 Å². The van der Waals surface area contributed by atoms with E-state index in [1.807, 2.05) is 0 Å². The Kier molecular flexibility index (Phi) is 10.7. The van der Waals surface area contributed by atoms with Crippen LogP contribution in [-0.2, 0) is 32.4 Å². The number of amides is 1. The van der Waals surface area contributed by atoms with Crippen molar-refractivity contribution in [3.05, 3.63) is 46.2 Å². The van der Waals surface area contributed by atoms with E-state index < -0.39 is 100 Å². The standard InChI is InChI=1S/C20H30N4O16P2/c1-8(26)22-9-2-3-11(38-17(9)14(28)10(27)6-25)19(41(32,33)34)40-42(35,36)37-7-12-15(29)16(30)18(39-12)24-5-4-13(21)23-20(24)31/h2-5,9-10,12,14-18,25,27-30H,6-7H2,1H3,(H,22,26)(H,35,36)(H2,21,23,31)(H2,32,33,34)/b19-11-/t9-,10-,12-,14-,15-,16-,17-,18-/m1/s1. The van der Waals surface area contributed by atoms with Gasteiger partial charge in [-0.25, -0.2) is 9.36 Å². The fourth-order valence-corrected chi connectivity index (χ4v) is 5.76. The van der Waals surface area contributed by atoms with Gasteiger partial charge in [-0.1, -0.05) is 6.08 Å². The summed E-state index contributed by atoms with van der Waals surface area (Å²) in [5.41, 5.74) is 2.91. The summed E-state index contributed by atoms with van der Waals surface area (Å²) in [6.45, 7) is -0.868. The first-order valence-corrected chi connectivity index (χ1v) is 15.0. The second-order valence-corrected chi connectivity index (χ2v) is 11.9. The van der Waals surface area contributed by atoms with Crippen molar-refractivity contribution in [1.29, 1.82) is 0 Å². The Morgan fingerprint density at radius 1 is 1.24 bits per heavy atom. The topological polar surface area (TPSA) is 323 Å². The maximum absolute atomic E-state index is 12.7. The highest BCUT2D eigenvalue weighted by atomic mass is 31.2. The number of nitrogens with one attached hydrogen (secondary N) is 1. The molecule has 0 radical (unpaired) electrons. The molecule has 0 saturated carbocycles. The Labute approximate surface area is 236 Å². The van der Waals surface area contributed by atoms with Gasteiger partial charge in [-0.15, -0.1) is 0 Å². The Morgan fingerprint density at radius 3 is 2.48 bits per heavy atom. The zero-order valence-corrected chi connectivity index (χ0v) is 23.3. The molecular weight excluding hydrogens is 614 g/mol. The second kappa shape index (κ2) is 13.3. The average Bonchev–Trinajstić information content (AvgIpc) is 3.18. The molecule has 3 heterocycles. The maximum Gasteiger partial charge on any atom is 0.527 e. The zero-order valence-electron chi connectivity index (χ0n) is 21.6. The van der Waals surface area contributed by atoms with Crippen LogP contribution < -0.4 is 16.7 Å². The van der Waals surface area contributed by atoms with Crippen molar-refractivity contribution in [2.24, 2.45) is 0 Å². The van der Waals surface area contributed by atoms with Crippen molar-refractivity contribution in [1.82, 2.24) is 14.9 Å². The van der Waals surface area contributed by atoms with Gasteiger partial charge in [0, 0.05) is 13.1 Å². The molecule has 2 aliphatic rings. The van der Waals surface area contributed by atoms with Gasteiger partial charge in [0.05, 0.1) is 19.3 Å². The summed E-state index contributed by atoms with van der Waals surface area (Å²) in [7, 11) is -11.1. The first-order chi connectivity index (χ1) is 19.4. The number of carbonyl (C=O) groups is 1. The maximum atomic E-state index is 12.7. The molecule has 1 amide bonds. The van der Waals surface area contributed by atoms with E-state index in [1.54, 1.807) is 0 Å². The Balaban J connectivity index is 1.82. The van der Waals surface area contributed by atoms with E-state index in [9.17, 15) is 53.8 Å². The second-order valence-electron chi connectivity index (χ2n) is 9.07. The molecule has 1 saturated heterocycles. The lowest BCUT2D eigenvalue weighted by atomic mass is 9.98. The molecule has 1 fully saturated rings. The number of nitrogens with zero attached hydrogens (tertiary/aromatic N) is 2. The van der Waals surface area contributed by atoms with Crippen LogP contribution in [0.15, 0.2) is 40.5 Å². The molecule has 11 N–H and O–H groups in total. The van der Waals surface area contributed by atoms with Gasteiger partial charge in [0.1, 0.15) is 36.3 Å². The number of nitrogen functional groups attached to an aromatic ring is 1. The molecule has 22 heteroatoms. The first kappa shape index (κ1) is 33.8. The van der Waals surface area contributed by atoms with Crippen LogP contribution >= 0.6 is 15.4 Å². The third-order valence-corrected chi connectivity index (χ3v) is 7.78. The van der Waals surface area contributed by atoms with Gasteiger partial charge in [-0.2, -0.15) is 4.98 Å². The normalized spacial score (nSPS) is 30.1. The smallest absolute Gasteiger partial charge is 0.481 e. The minimum absolute atomic E-state index is 0.134. The predicted molar refractivity (Wildman–Crippen MR) is 135 cm³/mol. The van der Waals surface area contributed by atoms with Gasteiger partial charge in [0.15, 0.2) is 18.1 Å². The molecule has 1 aromatic rings. The molecule has 20 nitrogen and oxygen atoms in total. The number of hydrogen-bond acceptors (Lipinski definition) is 15. The van der Waals surface area contributed by atoms with Crippen LogP contribution in [0.3, 0.4) is 0 Å². The number of phosphoric ester groups is 1. The fraction of sp³-hybridized carbons (Fsp3) is 0.550. The van der Waals surface area contributed by atoms with Crippen LogP contribution in [0, 0.1) is 0 Å². The van der Waals surface area contributed by atoms with Crippen LogP contribution in [-0.4, -0.2) is 112 Å². The number of aliphatic hydroxyl groups excluding tert-OH is 5. The van der Waals surface area contributed by atoms with Gasteiger partial charge >= 0.3 is 21.1 Å². The number of carbonyl (C=O) groups excluding carboxylic acids is 1. The number of aliphatic hydroxyl groups is 5. The molecular formula is C20H30N4O16P2. The third kappa shape index (κ3) is 8.01. The lowest BCUT2D eigenvalue weighted by Gasteiger charge is -2.35. The summed E-state index contributed by atoms with van der Waals surface area (Å²) in [6, 6.07) is 0.0104. The monoisotopic (exact) mass is 644 g/mol. The van der Waals surface area contributed by atoms with Crippen molar-refractivity contribution in [2.45, 2.75) is 55.8 Å². The largest absolute Gasteiger partial charge is 0.527 e. The molecule has 1 unspecified atom stereocenters. The molecule has 9 atom stereocenters. The van der Waals surface area contributed by atoms with Crippen LogP contribution in [0.2, 0.25) is 0 Å². The molecule has 236 valence electrons. The predicted octanol–water partition coefficient (Wildman–Crippen LogP) is -3.90. The fourth-order valence-electron chi connectivity index (χ4n) is 3.92. The average molecular weight is 644 g/mol. The highest BCUT2D eigenvalue weighted by Crippen LogP contribution is 2.57. The van der Waals surface area contributed by atoms with Crippen LogP contribution in [0.25, 0.3) is 0 Å². The summed E-state index contributed by atoms with van der Waals surface area (Å²) in [4.78, 5) is 56.9. The molecule has 0 spiro atoms. The Bertz CT molecular complexity index is 1360. The number of rotatable bonds is 11. The number of hydrogen-bond donors (Lipinski definition) is 10. The van der Waals surface area contributed by atoms with E-state index in [2.05, 4.69) is 14.8 Å². The number of phosphoric acid groups is 1. The summed E-state index contributed by atoms with van der Waals surface area (Å²) in [5.74, 6) is -1.66. The number of nitrogens with two attached hydrogens (primary N) is 1.